The molecule has 0 aromatic heterocycles. The maximum absolute atomic E-state index is 13.5. The zero-order valence-corrected chi connectivity index (χ0v) is 22.5. The third-order valence-corrected chi connectivity index (χ3v) is 6.96. The molecule has 1 fully saturated rings. The molecule has 0 radical (unpaired) electrons. The lowest BCUT2D eigenvalue weighted by molar-refractivity contribution is -0.132. The molecule has 1 amide bonds. The van der Waals surface area contributed by atoms with Gasteiger partial charge in [0, 0.05) is 25.5 Å². The summed E-state index contributed by atoms with van der Waals surface area (Å²) in [7, 11) is 6.60. The summed E-state index contributed by atoms with van der Waals surface area (Å²) in [4.78, 5) is 30.3. The standard InChI is InChI=1S/C28H26Cl2N2O5/c1-15-8-6-7-9-20(15)32-23(16-10-12-17(13-11-16)31(2)3)21(25(34)28(32)35)24(33)18-14-19(29)27(37-5)22(30)26(18)36-4/h6-14,23,33H,1-5H3/b24-21+. The minimum atomic E-state index is -0.915. The van der Waals surface area contributed by atoms with E-state index in [1.165, 1.54) is 25.2 Å². The van der Waals surface area contributed by atoms with Crippen LogP contribution in [0.3, 0.4) is 0 Å². The smallest absolute Gasteiger partial charge is 0.300 e. The van der Waals surface area contributed by atoms with E-state index in [0.717, 1.165) is 11.3 Å². The van der Waals surface area contributed by atoms with Gasteiger partial charge in [-0.15, -0.1) is 0 Å². The minimum absolute atomic E-state index is 0.0269. The highest BCUT2D eigenvalue weighted by atomic mass is 35.5. The second kappa shape index (κ2) is 10.4. The number of hydrogen-bond acceptors (Lipinski definition) is 6. The van der Waals surface area contributed by atoms with Crippen LogP contribution in [0.2, 0.25) is 10.0 Å². The second-order valence-electron chi connectivity index (χ2n) is 8.73. The van der Waals surface area contributed by atoms with E-state index >= 15 is 0 Å². The summed E-state index contributed by atoms with van der Waals surface area (Å²) in [6, 6.07) is 15.2. The van der Waals surface area contributed by atoms with Gasteiger partial charge in [-0.25, -0.2) is 0 Å². The van der Waals surface area contributed by atoms with Gasteiger partial charge in [0.1, 0.15) is 10.8 Å². The average molecular weight is 541 g/mol. The molecule has 7 nitrogen and oxygen atoms in total. The number of carbonyl (C=O) groups is 2. The Bertz CT molecular complexity index is 1420. The Labute approximate surface area is 225 Å². The molecule has 1 heterocycles. The number of Topliss-reactive ketones (excluding diaryl/α,β-unsaturated/α-hetero) is 1. The van der Waals surface area contributed by atoms with Crippen molar-refractivity contribution in [1.82, 2.24) is 0 Å². The topological polar surface area (TPSA) is 79.3 Å². The minimum Gasteiger partial charge on any atom is -0.507 e. The average Bonchev–Trinajstić information content (AvgIpc) is 3.14. The first-order valence-electron chi connectivity index (χ1n) is 11.4. The van der Waals surface area contributed by atoms with Gasteiger partial charge in [0.15, 0.2) is 11.5 Å². The maximum Gasteiger partial charge on any atom is 0.300 e. The molecule has 9 heteroatoms. The molecule has 1 saturated heterocycles. The molecular weight excluding hydrogens is 515 g/mol. The molecule has 1 N–H and O–H groups in total. The molecule has 3 aromatic carbocycles. The Kier molecular flexibility index (Phi) is 7.39. The lowest BCUT2D eigenvalue weighted by Crippen LogP contribution is -2.30. The quantitative estimate of drug-likeness (QED) is 0.234. The van der Waals surface area contributed by atoms with Gasteiger partial charge >= 0.3 is 0 Å². The molecule has 37 heavy (non-hydrogen) atoms. The molecule has 3 aromatic rings. The predicted molar refractivity (Wildman–Crippen MR) is 146 cm³/mol. The summed E-state index contributed by atoms with van der Waals surface area (Å²) in [6.07, 6.45) is 0. The van der Waals surface area contributed by atoms with E-state index in [1.807, 2.05) is 62.3 Å². The monoisotopic (exact) mass is 540 g/mol. The first-order valence-corrected chi connectivity index (χ1v) is 12.1. The molecule has 1 atom stereocenters. The summed E-state index contributed by atoms with van der Waals surface area (Å²) in [5.41, 5.74) is 2.89. The molecule has 1 aliphatic heterocycles. The van der Waals surface area contributed by atoms with E-state index in [-0.39, 0.29) is 32.7 Å². The number of ketones is 1. The van der Waals surface area contributed by atoms with Crippen molar-refractivity contribution in [3.63, 3.8) is 0 Å². The van der Waals surface area contributed by atoms with Crippen LogP contribution in [0.4, 0.5) is 11.4 Å². The fourth-order valence-electron chi connectivity index (χ4n) is 4.48. The highest BCUT2D eigenvalue weighted by molar-refractivity contribution is 6.52. The molecule has 1 unspecified atom stereocenters. The number of benzene rings is 3. The van der Waals surface area contributed by atoms with Crippen LogP contribution < -0.4 is 19.3 Å². The number of rotatable bonds is 6. The van der Waals surface area contributed by atoms with E-state index in [4.69, 9.17) is 32.7 Å². The van der Waals surface area contributed by atoms with Crippen LogP contribution in [0.1, 0.15) is 22.7 Å². The zero-order chi connectivity index (χ0) is 27.0. The van der Waals surface area contributed by atoms with Crippen molar-refractivity contribution < 1.29 is 24.2 Å². The number of para-hydroxylation sites is 1. The summed E-state index contributed by atoms with van der Waals surface area (Å²) in [5.74, 6) is -1.84. The van der Waals surface area contributed by atoms with Gasteiger partial charge in [-0.1, -0.05) is 53.5 Å². The fourth-order valence-corrected chi connectivity index (χ4v) is 5.16. The molecule has 0 bridgehead atoms. The van der Waals surface area contributed by atoms with Crippen LogP contribution in [-0.2, 0) is 9.59 Å². The molecule has 0 spiro atoms. The van der Waals surface area contributed by atoms with Crippen LogP contribution in [0.5, 0.6) is 11.5 Å². The Morgan fingerprint density at radius 3 is 2.16 bits per heavy atom. The summed E-state index contributed by atoms with van der Waals surface area (Å²) < 4.78 is 10.7. The molecule has 0 aliphatic carbocycles. The molecule has 1 aliphatic rings. The number of ether oxygens (including phenoxy) is 2. The van der Waals surface area contributed by atoms with Crippen LogP contribution in [0.15, 0.2) is 60.2 Å². The summed E-state index contributed by atoms with van der Waals surface area (Å²) in [6.45, 7) is 1.85. The van der Waals surface area contributed by atoms with Gasteiger partial charge in [0.2, 0.25) is 0 Å². The number of nitrogens with zero attached hydrogens (tertiary/aromatic N) is 2. The number of anilines is 2. The van der Waals surface area contributed by atoms with E-state index in [9.17, 15) is 14.7 Å². The number of aliphatic hydroxyl groups excluding tert-OH is 1. The van der Waals surface area contributed by atoms with Crippen molar-refractivity contribution in [1.29, 1.82) is 0 Å². The van der Waals surface area contributed by atoms with E-state index < -0.39 is 23.5 Å². The van der Waals surface area contributed by atoms with Crippen molar-refractivity contribution in [2.75, 3.05) is 38.1 Å². The van der Waals surface area contributed by atoms with E-state index in [0.29, 0.717) is 11.3 Å². The Hall–Kier alpha value is -3.68. The van der Waals surface area contributed by atoms with Crippen LogP contribution in [0, 0.1) is 6.92 Å². The highest BCUT2D eigenvalue weighted by Gasteiger charge is 2.47. The van der Waals surface area contributed by atoms with Crippen LogP contribution in [0.25, 0.3) is 5.76 Å². The van der Waals surface area contributed by atoms with E-state index in [1.54, 1.807) is 12.1 Å². The molecule has 0 saturated carbocycles. The number of methoxy groups -OCH3 is 2. The van der Waals surface area contributed by atoms with Gasteiger partial charge in [-0.3, -0.25) is 14.5 Å². The Balaban J connectivity index is 2.02. The first kappa shape index (κ1) is 26.4. The Morgan fingerprint density at radius 1 is 0.973 bits per heavy atom. The number of aryl methyl sites for hydroxylation is 1. The third kappa shape index (κ3) is 4.49. The molecule has 4 rings (SSSR count). The molecular formula is C28H26Cl2N2O5. The van der Waals surface area contributed by atoms with Gasteiger partial charge < -0.3 is 19.5 Å². The van der Waals surface area contributed by atoms with Crippen molar-refractivity contribution in [3.8, 4) is 11.5 Å². The number of aliphatic hydroxyl groups is 1. The van der Waals surface area contributed by atoms with Crippen molar-refractivity contribution in [3.05, 3.63) is 86.9 Å². The SMILES string of the molecule is COc1c(Cl)cc(/C(O)=C2\C(=O)C(=O)N(c3ccccc3C)C2c2ccc(N(C)C)cc2)c(OC)c1Cl. The highest BCUT2D eigenvalue weighted by Crippen LogP contribution is 2.48. The number of carbonyl (C=O) groups excluding carboxylic acids is 2. The number of amides is 1. The normalized spacial score (nSPS) is 16.7. The number of halogens is 2. The summed E-state index contributed by atoms with van der Waals surface area (Å²) in [5, 5.41) is 11.7. The largest absolute Gasteiger partial charge is 0.507 e. The van der Waals surface area contributed by atoms with Gasteiger partial charge in [0.05, 0.1) is 36.4 Å². The summed E-state index contributed by atoms with van der Waals surface area (Å²) >= 11 is 12.8. The van der Waals surface area contributed by atoms with Gasteiger partial charge in [-0.05, 0) is 42.3 Å². The molecule has 192 valence electrons. The van der Waals surface area contributed by atoms with Crippen molar-refractivity contribution in [2.24, 2.45) is 0 Å². The zero-order valence-electron chi connectivity index (χ0n) is 21.0. The van der Waals surface area contributed by atoms with Crippen molar-refractivity contribution >= 4 is 52.0 Å². The lowest BCUT2D eigenvalue weighted by atomic mass is 9.94. The Morgan fingerprint density at radius 2 is 1.59 bits per heavy atom. The fraction of sp³-hybridized carbons (Fsp3) is 0.214. The van der Waals surface area contributed by atoms with Gasteiger partial charge in [-0.2, -0.15) is 0 Å². The third-order valence-electron chi connectivity index (χ3n) is 6.34. The first-order chi connectivity index (χ1) is 17.6. The van der Waals surface area contributed by atoms with Crippen molar-refractivity contribution in [2.45, 2.75) is 13.0 Å². The number of hydrogen-bond donors (Lipinski definition) is 1. The van der Waals surface area contributed by atoms with Crippen LogP contribution >= 0.6 is 23.2 Å². The maximum atomic E-state index is 13.5. The van der Waals surface area contributed by atoms with E-state index in [2.05, 4.69) is 0 Å². The second-order valence-corrected chi connectivity index (χ2v) is 9.51. The van der Waals surface area contributed by atoms with Crippen LogP contribution in [-0.4, -0.2) is 45.1 Å². The lowest BCUT2D eigenvalue weighted by Gasteiger charge is -2.27. The van der Waals surface area contributed by atoms with Gasteiger partial charge in [0.25, 0.3) is 11.7 Å². The predicted octanol–water partition coefficient (Wildman–Crippen LogP) is 6.01.